The summed E-state index contributed by atoms with van der Waals surface area (Å²) >= 11 is 0. The molecule has 1 unspecified atom stereocenters. The number of allylic oxidation sites excluding steroid dienone is 4. The van der Waals surface area contributed by atoms with Crippen LogP contribution in [-0.2, 0) is 0 Å². The molecule has 0 N–H and O–H groups in total. The van der Waals surface area contributed by atoms with Gasteiger partial charge in [-0.2, -0.15) is 0 Å². The van der Waals surface area contributed by atoms with E-state index in [0.29, 0.717) is 5.92 Å². The van der Waals surface area contributed by atoms with E-state index in [-0.39, 0.29) is 0 Å². The lowest BCUT2D eigenvalue weighted by Gasteiger charge is -2.34. The minimum Gasteiger partial charge on any atom is -0.314 e. The van der Waals surface area contributed by atoms with E-state index in [4.69, 9.17) is 0 Å². The fourth-order valence-electron chi connectivity index (χ4n) is 7.70. The first kappa shape index (κ1) is 30.7. The molecule has 0 amide bonds. The number of hydrogen-bond donors (Lipinski definition) is 0. The number of anilines is 2. The molecule has 0 aliphatic heterocycles. The van der Waals surface area contributed by atoms with Gasteiger partial charge >= 0.3 is 0 Å². The van der Waals surface area contributed by atoms with Crippen LogP contribution in [-0.4, -0.2) is 4.57 Å². The van der Waals surface area contributed by atoms with Gasteiger partial charge in [0.05, 0.1) is 11.0 Å². The highest BCUT2D eigenvalue weighted by Gasteiger charge is 2.25. The van der Waals surface area contributed by atoms with Crippen molar-refractivity contribution in [2.75, 3.05) is 4.90 Å². The molecule has 0 spiro atoms. The molecule has 1 aliphatic rings. The Labute approximate surface area is 299 Å². The summed E-state index contributed by atoms with van der Waals surface area (Å²) in [4.78, 5) is 2.45. The number of nitrogens with zero attached hydrogens (tertiary/aromatic N) is 2. The van der Waals surface area contributed by atoms with Gasteiger partial charge < -0.3 is 9.47 Å². The fraction of sp³-hybridized carbons (Fsp3) is 0.0612. The zero-order valence-electron chi connectivity index (χ0n) is 28.7. The Bertz CT molecular complexity index is 2520. The predicted octanol–water partition coefficient (Wildman–Crippen LogP) is 13.3. The number of fused-ring (bicyclic) bond motifs is 3. The molecule has 2 heteroatoms. The van der Waals surface area contributed by atoms with Crippen molar-refractivity contribution in [2.24, 2.45) is 5.92 Å². The van der Waals surface area contributed by atoms with Gasteiger partial charge in [0.25, 0.3) is 0 Å². The van der Waals surface area contributed by atoms with Crippen LogP contribution in [0, 0.1) is 5.92 Å². The van der Waals surface area contributed by atoms with Gasteiger partial charge in [0.15, 0.2) is 0 Å². The highest BCUT2D eigenvalue weighted by molar-refractivity contribution is 6.10. The summed E-state index contributed by atoms with van der Waals surface area (Å²) in [5, 5.41) is 2.51. The summed E-state index contributed by atoms with van der Waals surface area (Å²) in [7, 11) is 0. The average Bonchev–Trinajstić information content (AvgIpc) is 3.53. The summed E-state index contributed by atoms with van der Waals surface area (Å²) in [6, 6.07) is 65.7. The van der Waals surface area contributed by atoms with Crippen molar-refractivity contribution in [1.82, 2.24) is 4.57 Å². The molecule has 8 aromatic rings. The fourth-order valence-corrected chi connectivity index (χ4v) is 7.70. The van der Waals surface area contributed by atoms with Crippen LogP contribution in [0.25, 0.3) is 55.3 Å². The van der Waals surface area contributed by atoms with E-state index in [1.54, 1.807) is 0 Å². The molecular formula is C49H38N2. The lowest BCUT2D eigenvalue weighted by molar-refractivity contribution is 0.680. The maximum atomic E-state index is 2.45. The second-order valence-electron chi connectivity index (χ2n) is 13.5. The summed E-state index contributed by atoms with van der Waals surface area (Å²) in [5.41, 5.74) is 14.7. The Morgan fingerprint density at radius 1 is 0.451 bits per heavy atom. The van der Waals surface area contributed by atoms with Crippen molar-refractivity contribution >= 4 is 38.8 Å². The Balaban J connectivity index is 1.14. The predicted molar refractivity (Wildman–Crippen MR) is 217 cm³/mol. The molecular weight excluding hydrogens is 617 g/mol. The zero-order chi connectivity index (χ0) is 34.1. The van der Waals surface area contributed by atoms with Gasteiger partial charge in [0, 0.05) is 39.4 Å². The Morgan fingerprint density at radius 2 is 0.980 bits per heavy atom. The molecule has 244 valence electrons. The molecule has 7 aromatic carbocycles. The van der Waals surface area contributed by atoms with Gasteiger partial charge in [0.2, 0.25) is 0 Å². The number of para-hydroxylation sites is 2. The summed E-state index contributed by atoms with van der Waals surface area (Å²) in [6.45, 7) is 2.36. The number of aromatic nitrogens is 1. The van der Waals surface area contributed by atoms with Gasteiger partial charge in [-0.25, -0.2) is 0 Å². The van der Waals surface area contributed by atoms with Crippen LogP contribution < -0.4 is 4.90 Å². The van der Waals surface area contributed by atoms with E-state index < -0.39 is 0 Å². The van der Waals surface area contributed by atoms with Crippen molar-refractivity contribution in [1.29, 1.82) is 0 Å². The number of rotatable bonds is 7. The van der Waals surface area contributed by atoms with Crippen molar-refractivity contribution < 1.29 is 0 Å². The summed E-state index contributed by atoms with van der Waals surface area (Å²) in [5.74, 6) is 0.311. The molecule has 1 aliphatic carbocycles. The minimum atomic E-state index is 0.311. The summed E-state index contributed by atoms with van der Waals surface area (Å²) in [6.07, 6.45) is 5.63. The van der Waals surface area contributed by atoms with E-state index in [1.807, 2.05) is 0 Å². The average molecular weight is 655 g/mol. The van der Waals surface area contributed by atoms with Crippen molar-refractivity contribution in [3.63, 3.8) is 0 Å². The molecule has 9 rings (SSSR count). The standard InChI is InChI=1S/C49H38N2/c1-35-33-41(40-23-21-38(22-24-40)36-13-5-2-6-14-36)27-32-47(35)50(42-17-9-4-10-18-42)44-30-31-46-45-19-11-12-20-48(45)51(49(46)34-44)43-28-25-39(26-29-43)37-15-7-3-8-16-37/h2-32,34-35H,33H2,1H3. The van der Waals surface area contributed by atoms with E-state index in [1.165, 1.54) is 60.9 Å². The van der Waals surface area contributed by atoms with Crippen LogP contribution in [0.15, 0.2) is 200 Å². The SMILES string of the molecule is CC1CC(c2ccc(-c3ccccc3)cc2)=CC=C1N(c1ccccc1)c1ccc2c3ccccc3n(-c3ccc(-c4ccccc4)cc3)c2c1. The quantitative estimate of drug-likeness (QED) is 0.166. The minimum absolute atomic E-state index is 0.311. The Hall–Kier alpha value is -6.38. The lowest BCUT2D eigenvalue weighted by Crippen LogP contribution is -2.23. The zero-order valence-corrected chi connectivity index (χ0v) is 28.7. The topological polar surface area (TPSA) is 8.17 Å². The molecule has 0 saturated heterocycles. The molecule has 2 nitrogen and oxygen atoms in total. The molecule has 1 aromatic heterocycles. The van der Waals surface area contributed by atoms with Crippen LogP contribution in [0.3, 0.4) is 0 Å². The maximum Gasteiger partial charge on any atom is 0.0561 e. The van der Waals surface area contributed by atoms with E-state index >= 15 is 0 Å². The van der Waals surface area contributed by atoms with Crippen molar-refractivity contribution in [3.8, 4) is 27.9 Å². The molecule has 1 heterocycles. The maximum absolute atomic E-state index is 2.45. The summed E-state index contributed by atoms with van der Waals surface area (Å²) < 4.78 is 2.42. The van der Waals surface area contributed by atoms with Crippen molar-refractivity contribution in [2.45, 2.75) is 13.3 Å². The van der Waals surface area contributed by atoms with Crippen LogP contribution in [0.1, 0.15) is 18.9 Å². The second-order valence-corrected chi connectivity index (χ2v) is 13.5. The third-order valence-electron chi connectivity index (χ3n) is 10.3. The largest absolute Gasteiger partial charge is 0.314 e. The van der Waals surface area contributed by atoms with E-state index in [2.05, 4.69) is 211 Å². The number of hydrogen-bond acceptors (Lipinski definition) is 1. The molecule has 51 heavy (non-hydrogen) atoms. The van der Waals surface area contributed by atoms with Crippen molar-refractivity contribution in [3.05, 3.63) is 205 Å². The van der Waals surface area contributed by atoms with Crippen LogP contribution >= 0.6 is 0 Å². The molecule has 0 radical (unpaired) electrons. The van der Waals surface area contributed by atoms with Gasteiger partial charge in [-0.1, -0.05) is 153 Å². The third-order valence-corrected chi connectivity index (χ3v) is 10.3. The van der Waals surface area contributed by atoms with E-state index in [9.17, 15) is 0 Å². The molecule has 0 saturated carbocycles. The van der Waals surface area contributed by atoms with Gasteiger partial charge in [-0.3, -0.25) is 0 Å². The van der Waals surface area contributed by atoms with E-state index in [0.717, 1.165) is 23.5 Å². The second kappa shape index (κ2) is 13.2. The monoisotopic (exact) mass is 654 g/mol. The molecule has 0 fully saturated rings. The first-order chi connectivity index (χ1) is 25.2. The van der Waals surface area contributed by atoms with Gasteiger partial charge in [-0.15, -0.1) is 0 Å². The van der Waals surface area contributed by atoms with Gasteiger partial charge in [0.1, 0.15) is 0 Å². The molecule has 0 bridgehead atoms. The first-order valence-corrected chi connectivity index (χ1v) is 17.8. The van der Waals surface area contributed by atoms with Crippen LogP contribution in [0.5, 0.6) is 0 Å². The smallest absolute Gasteiger partial charge is 0.0561 e. The van der Waals surface area contributed by atoms with Crippen LogP contribution in [0.4, 0.5) is 11.4 Å². The molecule has 1 atom stereocenters. The third kappa shape index (κ3) is 5.75. The highest BCUT2D eigenvalue weighted by atomic mass is 15.2. The normalized spacial score (nSPS) is 14.3. The van der Waals surface area contributed by atoms with Gasteiger partial charge in [-0.05, 0) is 88.4 Å². The Morgan fingerprint density at radius 3 is 1.63 bits per heavy atom. The van der Waals surface area contributed by atoms with Crippen LogP contribution in [0.2, 0.25) is 0 Å². The Kier molecular flexibility index (Phi) is 7.91. The lowest BCUT2D eigenvalue weighted by atomic mass is 9.87. The first-order valence-electron chi connectivity index (χ1n) is 17.8. The number of benzene rings is 7. The highest BCUT2D eigenvalue weighted by Crippen LogP contribution is 2.42.